The molecule has 0 saturated heterocycles. The van der Waals surface area contributed by atoms with Gasteiger partial charge in [0.05, 0.1) is 11.2 Å². The van der Waals surface area contributed by atoms with Crippen LogP contribution in [0.1, 0.15) is 16.8 Å². The van der Waals surface area contributed by atoms with Gasteiger partial charge in [-0.3, -0.25) is 14.6 Å². The number of amides is 2. The van der Waals surface area contributed by atoms with Gasteiger partial charge in [0, 0.05) is 17.6 Å². The Labute approximate surface area is 146 Å². The van der Waals surface area contributed by atoms with Crippen LogP contribution in [0.4, 0.5) is 5.69 Å². The van der Waals surface area contributed by atoms with Crippen molar-refractivity contribution in [1.29, 1.82) is 0 Å². The Balaban J connectivity index is 1.69. The van der Waals surface area contributed by atoms with Crippen LogP contribution in [0.3, 0.4) is 0 Å². The predicted molar refractivity (Wildman–Crippen MR) is 98.1 cm³/mol. The number of para-hydroxylation sites is 1. The molecule has 0 radical (unpaired) electrons. The third-order valence-corrected chi connectivity index (χ3v) is 3.87. The molecule has 2 aromatic carbocycles. The first-order chi connectivity index (χ1) is 12.0. The Hall–Kier alpha value is -3.21. The third-order valence-electron chi connectivity index (χ3n) is 3.87. The lowest BCUT2D eigenvalue weighted by atomic mass is 10.1. The van der Waals surface area contributed by atoms with Crippen LogP contribution in [-0.4, -0.2) is 16.8 Å². The van der Waals surface area contributed by atoms with Gasteiger partial charge in [-0.15, -0.1) is 0 Å². The first-order valence-corrected chi connectivity index (χ1v) is 8.04. The van der Waals surface area contributed by atoms with Crippen molar-refractivity contribution in [3.05, 3.63) is 71.4 Å². The summed E-state index contributed by atoms with van der Waals surface area (Å²) in [7, 11) is 0. The Morgan fingerprint density at radius 3 is 2.44 bits per heavy atom. The highest BCUT2D eigenvalue weighted by molar-refractivity contribution is 6.40. The van der Waals surface area contributed by atoms with Crippen LogP contribution >= 0.6 is 0 Å². The predicted octanol–water partition coefficient (Wildman–Crippen LogP) is 3.11. The number of hydrogen-bond acceptors (Lipinski definition) is 3. The van der Waals surface area contributed by atoms with E-state index in [2.05, 4.69) is 15.6 Å². The van der Waals surface area contributed by atoms with Crippen molar-refractivity contribution in [1.82, 2.24) is 10.3 Å². The molecule has 3 rings (SSSR count). The van der Waals surface area contributed by atoms with Gasteiger partial charge in [-0.05, 0) is 31.5 Å². The van der Waals surface area contributed by atoms with Gasteiger partial charge in [0.1, 0.15) is 0 Å². The molecule has 2 amide bonds. The van der Waals surface area contributed by atoms with Crippen molar-refractivity contribution in [2.45, 2.75) is 20.4 Å². The summed E-state index contributed by atoms with van der Waals surface area (Å²) in [4.78, 5) is 28.7. The van der Waals surface area contributed by atoms with E-state index in [1.165, 1.54) is 0 Å². The van der Waals surface area contributed by atoms with Crippen LogP contribution in [-0.2, 0) is 16.1 Å². The van der Waals surface area contributed by atoms with Crippen LogP contribution in [0.2, 0.25) is 0 Å². The van der Waals surface area contributed by atoms with Gasteiger partial charge in [0.15, 0.2) is 0 Å². The summed E-state index contributed by atoms with van der Waals surface area (Å²) in [6, 6.07) is 17.0. The Morgan fingerprint density at radius 1 is 0.960 bits per heavy atom. The number of rotatable bonds is 3. The van der Waals surface area contributed by atoms with Crippen molar-refractivity contribution in [3.63, 3.8) is 0 Å². The first-order valence-electron chi connectivity index (χ1n) is 8.04. The van der Waals surface area contributed by atoms with E-state index >= 15 is 0 Å². The number of aryl methyl sites for hydroxylation is 2. The smallest absolute Gasteiger partial charge is 0.313 e. The van der Waals surface area contributed by atoms with Crippen LogP contribution in [0.15, 0.2) is 54.6 Å². The second kappa shape index (κ2) is 7.13. The number of anilines is 1. The maximum absolute atomic E-state index is 12.2. The average molecular weight is 333 g/mol. The highest BCUT2D eigenvalue weighted by Crippen LogP contribution is 2.22. The molecule has 0 aliphatic rings. The van der Waals surface area contributed by atoms with Gasteiger partial charge in [-0.25, -0.2) is 0 Å². The van der Waals surface area contributed by atoms with E-state index in [0.29, 0.717) is 12.2 Å². The molecular weight excluding hydrogens is 314 g/mol. The van der Waals surface area contributed by atoms with Crippen molar-refractivity contribution in [2.24, 2.45) is 0 Å². The molecule has 1 heterocycles. The first kappa shape index (κ1) is 16.6. The summed E-state index contributed by atoms with van der Waals surface area (Å²) in [6.07, 6.45) is 0. The molecule has 0 bridgehead atoms. The fourth-order valence-corrected chi connectivity index (χ4v) is 2.56. The monoisotopic (exact) mass is 333 g/mol. The summed E-state index contributed by atoms with van der Waals surface area (Å²) < 4.78 is 0. The van der Waals surface area contributed by atoms with E-state index in [1.54, 1.807) is 6.07 Å². The van der Waals surface area contributed by atoms with E-state index in [4.69, 9.17) is 0 Å². The Bertz CT molecular complexity index is 933. The molecule has 3 aromatic rings. The zero-order chi connectivity index (χ0) is 17.8. The number of nitrogens with zero attached hydrogens (tertiary/aromatic N) is 1. The number of carbonyl (C=O) groups excluding carboxylic acids is 2. The highest BCUT2D eigenvalue weighted by atomic mass is 16.2. The van der Waals surface area contributed by atoms with Crippen molar-refractivity contribution >= 4 is 28.4 Å². The molecular formula is C20H19N3O2. The third kappa shape index (κ3) is 4.01. The number of carbonyl (C=O) groups is 2. The number of hydrogen-bond donors (Lipinski definition) is 2. The molecule has 25 heavy (non-hydrogen) atoms. The van der Waals surface area contributed by atoms with Gasteiger partial charge < -0.3 is 10.6 Å². The molecule has 5 heteroatoms. The second-order valence-electron chi connectivity index (χ2n) is 5.95. The van der Waals surface area contributed by atoms with Gasteiger partial charge >= 0.3 is 11.8 Å². The summed E-state index contributed by atoms with van der Waals surface area (Å²) in [5.74, 6) is -1.36. The number of nitrogens with one attached hydrogen (secondary N) is 2. The van der Waals surface area contributed by atoms with E-state index in [0.717, 1.165) is 27.7 Å². The number of fused-ring (bicyclic) bond motifs is 1. The molecule has 0 saturated carbocycles. The molecule has 126 valence electrons. The standard InChI is InChI=1S/C20H19N3O2/c1-13-7-9-15(10-8-13)12-21-19(24)20(25)23-18-11-14(2)22-17-6-4-3-5-16(17)18/h3-11H,12H2,1-2H3,(H,21,24)(H,22,23,25). The van der Waals surface area contributed by atoms with Crippen molar-refractivity contribution in [2.75, 3.05) is 5.32 Å². The molecule has 0 spiro atoms. The Morgan fingerprint density at radius 2 is 1.68 bits per heavy atom. The SMILES string of the molecule is Cc1ccc(CNC(=O)C(=O)Nc2cc(C)nc3ccccc23)cc1. The summed E-state index contributed by atoms with van der Waals surface area (Å²) in [5, 5.41) is 6.11. The van der Waals surface area contributed by atoms with Gasteiger partial charge in [-0.2, -0.15) is 0 Å². The lowest BCUT2D eigenvalue weighted by Gasteiger charge is -2.10. The summed E-state index contributed by atoms with van der Waals surface area (Å²) in [6.45, 7) is 4.15. The van der Waals surface area contributed by atoms with E-state index in [1.807, 2.05) is 62.4 Å². The van der Waals surface area contributed by atoms with Gasteiger partial charge in [-0.1, -0.05) is 48.0 Å². The molecule has 0 aliphatic carbocycles. The summed E-state index contributed by atoms with van der Waals surface area (Å²) >= 11 is 0. The molecule has 1 aromatic heterocycles. The molecule has 2 N–H and O–H groups in total. The zero-order valence-electron chi connectivity index (χ0n) is 14.2. The minimum absolute atomic E-state index is 0.308. The fourth-order valence-electron chi connectivity index (χ4n) is 2.56. The van der Waals surface area contributed by atoms with Gasteiger partial charge in [0.25, 0.3) is 0 Å². The fraction of sp³-hybridized carbons (Fsp3) is 0.150. The Kier molecular flexibility index (Phi) is 4.75. The topological polar surface area (TPSA) is 71.1 Å². The second-order valence-corrected chi connectivity index (χ2v) is 5.95. The van der Waals surface area contributed by atoms with E-state index in [9.17, 15) is 9.59 Å². The average Bonchev–Trinajstić information content (AvgIpc) is 2.60. The van der Waals surface area contributed by atoms with Crippen LogP contribution in [0.5, 0.6) is 0 Å². The van der Waals surface area contributed by atoms with E-state index in [-0.39, 0.29) is 0 Å². The van der Waals surface area contributed by atoms with Crippen LogP contribution < -0.4 is 10.6 Å². The normalized spacial score (nSPS) is 10.5. The molecule has 0 aliphatic heterocycles. The lowest BCUT2D eigenvalue weighted by Crippen LogP contribution is -2.35. The van der Waals surface area contributed by atoms with Crippen LogP contribution in [0, 0.1) is 13.8 Å². The molecule has 5 nitrogen and oxygen atoms in total. The van der Waals surface area contributed by atoms with Gasteiger partial charge in [0.2, 0.25) is 0 Å². The maximum Gasteiger partial charge on any atom is 0.313 e. The van der Waals surface area contributed by atoms with E-state index < -0.39 is 11.8 Å². The molecule has 0 fully saturated rings. The lowest BCUT2D eigenvalue weighted by molar-refractivity contribution is -0.136. The number of aromatic nitrogens is 1. The maximum atomic E-state index is 12.2. The molecule has 0 atom stereocenters. The quantitative estimate of drug-likeness (QED) is 0.724. The zero-order valence-corrected chi connectivity index (χ0v) is 14.2. The number of benzene rings is 2. The van der Waals surface area contributed by atoms with Crippen LogP contribution in [0.25, 0.3) is 10.9 Å². The van der Waals surface area contributed by atoms with Crippen molar-refractivity contribution < 1.29 is 9.59 Å². The molecule has 0 unspecified atom stereocenters. The number of pyridine rings is 1. The highest BCUT2D eigenvalue weighted by Gasteiger charge is 2.15. The minimum atomic E-state index is -0.692. The largest absolute Gasteiger partial charge is 0.344 e. The minimum Gasteiger partial charge on any atom is -0.344 e. The van der Waals surface area contributed by atoms with Crippen molar-refractivity contribution in [3.8, 4) is 0 Å². The summed E-state index contributed by atoms with van der Waals surface area (Å²) in [5.41, 5.74) is 4.22.